The first-order valence-electron chi connectivity index (χ1n) is 7.51. The van der Waals surface area contributed by atoms with Gasteiger partial charge < -0.3 is 9.32 Å². The number of benzene rings is 3. The third kappa shape index (κ3) is 2.77. The number of oxazole rings is 1. The van der Waals surface area contributed by atoms with Gasteiger partial charge in [0.05, 0.1) is 0 Å². The molecule has 0 fully saturated rings. The van der Waals surface area contributed by atoms with E-state index in [4.69, 9.17) is 16.6 Å². The zero-order valence-electron chi connectivity index (χ0n) is 13.0. The normalized spacial score (nSPS) is 11.0. The molecule has 24 heavy (non-hydrogen) atoms. The van der Waals surface area contributed by atoms with Gasteiger partial charge in [-0.1, -0.05) is 60.7 Å². The van der Waals surface area contributed by atoms with Gasteiger partial charge in [0, 0.05) is 18.1 Å². The minimum absolute atomic E-state index is 0.563. The van der Waals surface area contributed by atoms with E-state index in [1.54, 1.807) is 0 Å². The summed E-state index contributed by atoms with van der Waals surface area (Å²) in [4.78, 5) is 6.47. The highest BCUT2D eigenvalue weighted by Gasteiger charge is 2.15. The van der Waals surface area contributed by atoms with Gasteiger partial charge in [0.25, 0.3) is 5.22 Å². The fourth-order valence-electron chi connectivity index (χ4n) is 2.64. The van der Waals surface area contributed by atoms with Crippen molar-refractivity contribution in [3.63, 3.8) is 0 Å². The molecule has 4 aromatic rings. The number of rotatable bonds is 2. The standard InChI is InChI=1S/C19H14N2OS2/c1-21(16-11-6-8-13-7-2-3-9-14(13)16)19(23)24-18-20-15-10-4-5-12-17(15)22-18/h2-12H,1H3. The van der Waals surface area contributed by atoms with Gasteiger partial charge in [0.2, 0.25) is 0 Å². The van der Waals surface area contributed by atoms with Gasteiger partial charge in [-0.3, -0.25) is 0 Å². The lowest BCUT2D eigenvalue weighted by atomic mass is 10.1. The molecule has 0 saturated heterocycles. The summed E-state index contributed by atoms with van der Waals surface area (Å²) in [6.45, 7) is 0. The zero-order chi connectivity index (χ0) is 16.5. The lowest BCUT2D eigenvalue weighted by molar-refractivity contribution is 0.491. The molecule has 0 bridgehead atoms. The van der Waals surface area contributed by atoms with Crippen LogP contribution < -0.4 is 4.90 Å². The van der Waals surface area contributed by atoms with Crippen LogP contribution in [0.4, 0.5) is 5.69 Å². The molecule has 0 atom stereocenters. The van der Waals surface area contributed by atoms with Gasteiger partial charge in [0.15, 0.2) is 5.58 Å². The van der Waals surface area contributed by atoms with Crippen molar-refractivity contribution in [2.24, 2.45) is 0 Å². The van der Waals surface area contributed by atoms with Crippen molar-refractivity contribution >= 4 is 55.9 Å². The highest BCUT2D eigenvalue weighted by molar-refractivity contribution is 8.23. The Morgan fingerprint density at radius 2 is 1.75 bits per heavy atom. The van der Waals surface area contributed by atoms with Crippen LogP contribution in [0.25, 0.3) is 21.9 Å². The summed E-state index contributed by atoms with van der Waals surface area (Å²) in [5.41, 5.74) is 2.69. The second kappa shape index (κ2) is 6.26. The first-order chi connectivity index (χ1) is 11.7. The average Bonchev–Trinajstić information content (AvgIpc) is 3.02. The van der Waals surface area contributed by atoms with Gasteiger partial charge in [-0.15, -0.1) is 0 Å². The molecule has 118 valence electrons. The fraction of sp³-hybridized carbons (Fsp3) is 0.0526. The van der Waals surface area contributed by atoms with Crippen molar-refractivity contribution in [2.45, 2.75) is 5.22 Å². The Balaban J connectivity index is 1.63. The van der Waals surface area contributed by atoms with Crippen LogP contribution in [0, 0.1) is 0 Å². The Morgan fingerprint density at radius 1 is 1.00 bits per heavy atom. The highest BCUT2D eigenvalue weighted by atomic mass is 32.2. The van der Waals surface area contributed by atoms with Crippen molar-refractivity contribution < 1.29 is 4.42 Å². The maximum atomic E-state index is 5.75. The zero-order valence-corrected chi connectivity index (χ0v) is 14.6. The summed E-state index contributed by atoms with van der Waals surface area (Å²) in [5, 5.41) is 2.92. The van der Waals surface area contributed by atoms with Crippen molar-refractivity contribution in [1.82, 2.24) is 4.98 Å². The van der Waals surface area contributed by atoms with Crippen LogP contribution in [0.2, 0.25) is 0 Å². The summed E-state index contributed by atoms with van der Waals surface area (Å²) in [6.07, 6.45) is 0. The molecular weight excluding hydrogens is 336 g/mol. The molecule has 0 aliphatic heterocycles. The van der Waals surface area contributed by atoms with E-state index in [-0.39, 0.29) is 0 Å². The van der Waals surface area contributed by atoms with E-state index in [0.717, 1.165) is 16.8 Å². The van der Waals surface area contributed by atoms with Crippen molar-refractivity contribution in [2.75, 3.05) is 11.9 Å². The van der Waals surface area contributed by atoms with E-state index in [1.165, 1.54) is 22.5 Å². The first kappa shape index (κ1) is 15.2. The Kier molecular flexibility index (Phi) is 3.96. The third-order valence-electron chi connectivity index (χ3n) is 3.85. The molecule has 0 saturated carbocycles. The third-order valence-corrected chi connectivity index (χ3v) is 5.17. The summed E-state index contributed by atoms with van der Waals surface area (Å²) >= 11 is 6.96. The summed E-state index contributed by atoms with van der Waals surface area (Å²) in [5.74, 6) is 0. The molecule has 4 rings (SSSR count). The van der Waals surface area contributed by atoms with E-state index < -0.39 is 0 Å². The number of aromatic nitrogens is 1. The van der Waals surface area contributed by atoms with Crippen LogP contribution in [0.1, 0.15) is 0 Å². The summed E-state index contributed by atoms with van der Waals surface area (Å²) in [7, 11) is 1.97. The van der Waals surface area contributed by atoms with E-state index in [2.05, 4.69) is 29.2 Å². The van der Waals surface area contributed by atoms with Gasteiger partial charge in [-0.25, -0.2) is 4.98 Å². The second-order valence-corrected chi connectivity index (χ2v) is 6.96. The van der Waals surface area contributed by atoms with Crippen LogP contribution in [-0.2, 0) is 0 Å². The Morgan fingerprint density at radius 3 is 2.62 bits per heavy atom. The fourth-order valence-corrected chi connectivity index (χ4v) is 3.61. The summed E-state index contributed by atoms with van der Waals surface area (Å²) in [6, 6.07) is 22.2. The van der Waals surface area contributed by atoms with E-state index >= 15 is 0 Å². The number of hydrogen-bond acceptors (Lipinski definition) is 4. The number of thioether (sulfide) groups is 1. The largest absolute Gasteiger partial charge is 0.431 e. The molecule has 1 heterocycles. The van der Waals surface area contributed by atoms with Gasteiger partial charge in [-0.2, -0.15) is 0 Å². The number of thiocarbonyl (C=S) groups is 1. The Bertz CT molecular complexity index is 1000. The topological polar surface area (TPSA) is 29.3 Å². The number of anilines is 1. The number of hydrogen-bond donors (Lipinski definition) is 0. The molecule has 0 amide bonds. The van der Waals surface area contributed by atoms with Crippen LogP contribution in [0.15, 0.2) is 76.4 Å². The van der Waals surface area contributed by atoms with E-state index in [9.17, 15) is 0 Å². The Hall–Kier alpha value is -2.37. The van der Waals surface area contributed by atoms with Crippen LogP contribution in [-0.4, -0.2) is 16.4 Å². The lowest BCUT2D eigenvalue weighted by Gasteiger charge is -2.20. The number of nitrogens with zero attached hydrogens (tertiary/aromatic N) is 2. The van der Waals surface area contributed by atoms with Gasteiger partial charge in [-0.05, 0) is 35.3 Å². The molecule has 5 heteroatoms. The Labute approximate surface area is 149 Å². The molecule has 0 aliphatic rings. The summed E-state index contributed by atoms with van der Waals surface area (Å²) < 4.78 is 6.44. The van der Waals surface area contributed by atoms with Crippen LogP contribution in [0.3, 0.4) is 0 Å². The molecule has 0 aliphatic carbocycles. The minimum atomic E-state index is 0.563. The smallest absolute Gasteiger partial charge is 0.263 e. The van der Waals surface area contributed by atoms with E-state index in [0.29, 0.717) is 9.54 Å². The molecule has 3 aromatic carbocycles. The van der Waals surface area contributed by atoms with Crippen LogP contribution >= 0.6 is 24.0 Å². The molecular formula is C19H14N2OS2. The minimum Gasteiger partial charge on any atom is -0.431 e. The molecule has 0 spiro atoms. The van der Waals surface area contributed by atoms with Gasteiger partial charge in [0.1, 0.15) is 9.84 Å². The molecule has 0 N–H and O–H groups in total. The average molecular weight is 350 g/mol. The number of fused-ring (bicyclic) bond motifs is 2. The molecule has 0 radical (unpaired) electrons. The number of para-hydroxylation sites is 2. The highest BCUT2D eigenvalue weighted by Crippen LogP contribution is 2.31. The quantitative estimate of drug-likeness (QED) is 0.352. The SMILES string of the molecule is CN(C(=S)Sc1nc2ccccc2o1)c1cccc2ccccc12. The van der Waals surface area contributed by atoms with Crippen molar-refractivity contribution in [3.05, 3.63) is 66.7 Å². The maximum absolute atomic E-state index is 5.75. The maximum Gasteiger partial charge on any atom is 0.263 e. The predicted octanol–water partition coefficient (Wildman–Crippen LogP) is 5.49. The monoisotopic (exact) mass is 350 g/mol. The van der Waals surface area contributed by atoms with E-state index in [1.807, 2.05) is 54.4 Å². The first-order valence-corrected chi connectivity index (χ1v) is 8.74. The van der Waals surface area contributed by atoms with Gasteiger partial charge >= 0.3 is 0 Å². The lowest BCUT2D eigenvalue weighted by Crippen LogP contribution is -2.21. The molecule has 0 unspecified atom stereocenters. The van der Waals surface area contributed by atoms with Crippen molar-refractivity contribution in [3.8, 4) is 0 Å². The predicted molar refractivity (Wildman–Crippen MR) is 105 cm³/mol. The molecule has 1 aromatic heterocycles. The van der Waals surface area contributed by atoms with Crippen LogP contribution in [0.5, 0.6) is 0 Å². The van der Waals surface area contributed by atoms with Crippen molar-refractivity contribution in [1.29, 1.82) is 0 Å². The molecule has 3 nitrogen and oxygen atoms in total. The second-order valence-electron chi connectivity index (χ2n) is 5.37.